The molecule has 3 aromatic heterocycles. The van der Waals surface area contributed by atoms with Gasteiger partial charge in [-0.15, -0.1) is 0 Å². The van der Waals surface area contributed by atoms with Crippen LogP contribution in [-0.2, 0) is 17.6 Å². The largest absolute Gasteiger partial charge is 0.481 e. The summed E-state index contributed by atoms with van der Waals surface area (Å²) in [6.07, 6.45) is 10.0. The van der Waals surface area contributed by atoms with Crippen LogP contribution in [0.2, 0.25) is 0 Å². The van der Waals surface area contributed by atoms with Crippen molar-refractivity contribution in [3.63, 3.8) is 0 Å². The third-order valence-electron chi connectivity index (χ3n) is 6.60. The summed E-state index contributed by atoms with van der Waals surface area (Å²) >= 11 is 0. The Morgan fingerprint density at radius 2 is 2.00 bits per heavy atom. The van der Waals surface area contributed by atoms with Crippen molar-refractivity contribution in [3.05, 3.63) is 42.0 Å². The number of piperidine rings is 1. The number of hydrogen-bond donors (Lipinski definition) is 1. The average molecular weight is 423 g/mol. The zero-order chi connectivity index (χ0) is 21.2. The molecule has 0 aromatic carbocycles. The lowest BCUT2D eigenvalue weighted by molar-refractivity contribution is 0.145. The number of ether oxygens (including phenoxy) is 2. The average Bonchev–Trinajstić information content (AvgIpc) is 3.37. The highest BCUT2D eigenvalue weighted by molar-refractivity contribution is 5.64. The molecule has 0 bridgehead atoms. The van der Waals surface area contributed by atoms with E-state index in [0.29, 0.717) is 31.1 Å². The molecule has 0 spiro atoms. The van der Waals surface area contributed by atoms with Gasteiger partial charge in [-0.05, 0) is 51.3 Å². The van der Waals surface area contributed by atoms with Crippen LogP contribution in [0.4, 0.5) is 0 Å². The molecule has 0 saturated carbocycles. The van der Waals surface area contributed by atoms with Crippen LogP contribution in [0.25, 0.3) is 16.9 Å². The maximum absolute atomic E-state index is 5.77. The molecular weight excluding hydrogens is 392 g/mol. The van der Waals surface area contributed by atoms with Gasteiger partial charge in [-0.25, -0.2) is 9.67 Å². The van der Waals surface area contributed by atoms with Gasteiger partial charge in [0.15, 0.2) is 0 Å². The Labute approximate surface area is 182 Å². The predicted molar refractivity (Wildman–Crippen MR) is 118 cm³/mol. The van der Waals surface area contributed by atoms with Gasteiger partial charge in [-0.1, -0.05) is 0 Å². The van der Waals surface area contributed by atoms with E-state index in [2.05, 4.69) is 28.1 Å². The molecule has 3 aromatic rings. The van der Waals surface area contributed by atoms with Crippen LogP contribution in [0.1, 0.15) is 37.1 Å². The number of fused-ring (bicyclic) bond motifs is 1. The maximum atomic E-state index is 5.77. The first kappa shape index (κ1) is 20.2. The predicted octanol–water partition coefficient (Wildman–Crippen LogP) is 2.82. The van der Waals surface area contributed by atoms with E-state index >= 15 is 0 Å². The van der Waals surface area contributed by atoms with Crippen molar-refractivity contribution in [2.24, 2.45) is 5.92 Å². The Morgan fingerprint density at radius 1 is 1.16 bits per heavy atom. The Hall–Kier alpha value is -2.71. The number of pyridine rings is 1. The fourth-order valence-corrected chi connectivity index (χ4v) is 4.74. The summed E-state index contributed by atoms with van der Waals surface area (Å²) in [6, 6.07) is 4.25. The summed E-state index contributed by atoms with van der Waals surface area (Å²) in [6.45, 7) is 5.89. The van der Waals surface area contributed by atoms with E-state index in [-0.39, 0.29) is 0 Å². The summed E-state index contributed by atoms with van der Waals surface area (Å²) in [5.74, 6) is 1.25. The number of rotatable bonds is 5. The SMILES string of the molecule is COc1ccc(-n2nc(-c3cnn([C@H](C)C4CCNCC4)c3)c3c2CCOCC3)cn1. The molecule has 0 aliphatic carbocycles. The van der Waals surface area contributed by atoms with Gasteiger partial charge in [0.2, 0.25) is 5.88 Å². The van der Waals surface area contributed by atoms with Crippen molar-refractivity contribution in [1.29, 1.82) is 0 Å². The third-order valence-corrected chi connectivity index (χ3v) is 6.60. The van der Waals surface area contributed by atoms with Crippen molar-refractivity contribution in [2.75, 3.05) is 33.4 Å². The number of hydrogen-bond acceptors (Lipinski definition) is 6. The third kappa shape index (κ3) is 3.97. The standard InChI is InChI=1S/C23H30N6O2/c1-16(17-5-9-24-10-6-17)28-15-18(13-26-28)23-20-7-11-31-12-8-21(20)29(27-23)19-3-4-22(30-2)25-14-19/h3-4,13-17,24H,5-12H2,1-2H3/t16-/m1/s1. The molecule has 0 unspecified atom stereocenters. The number of nitrogens with zero attached hydrogens (tertiary/aromatic N) is 5. The van der Waals surface area contributed by atoms with Crippen molar-refractivity contribution >= 4 is 0 Å². The Bertz CT molecular complexity index is 1020. The second kappa shape index (κ2) is 8.80. The lowest BCUT2D eigenvalue weighted by Gasteiger charge is -2.28. The van der Waals surface area contributed by atoms with Crippen molar-refractivity contribution < 1.29 is 9.47 Å². The normalized spacial score (nSPS) is 18.4. The highest BCUT2D eigenvalue weighted by atomic mass is 16.5. The molecule has 2 aliphatic heterocycles. The number of aromatic nitrogens is 5. The van der Waals surface area contributed by atoms with Crippen LogP contribution in [0, 0.1) is 5.92 Å². The first-order chi connectivity index (χ1) is 15.2. The van der Waals surface area contributed by atoms with E-state index < -0.39 is 0 Å². The van der Waals surface area contributed by atoms with Gasteiger partial charge in [0.05, 0.1) is 55.8 Å². The van der Waals surface area contributed by atoms with Crippen molar-refractivity contribution in [3.8, 4) is 22.8 Å². The first-order valence-corrected chi connectivity index (χ1v) is 11.2. The van der Waals surface area contributed by atoms with Gasteiger partial charge in [0, 0.05) is 29.8 Å². The van der Waals surface area contributed by atoms with Gasteiger partial charge in [0.1, 0.15) is 0 Å². The summed E-state index contributed by atoms with van der Waals surface area (Å²) in [7, 11) is 1.62. The molecule has 8 heteroatoms. The van der Waals surface area contributed by atoms with Gasteiger partial charge in [-0.3, -0.25) is 4.68 Å². The molecule has 0 radical (unpaired) electrons. The molecule has 1 saturated heterocycles. The minimum atomic E-state index is 0.380. The Balaban J connectivity index is 1.50. The fraction of sp³-hybridized carbons (Fsp3) is 0.522. The number of methoxy groups -OCH3 is 1. The highest BCUT2D eigenvalue weighted by Crippen LogP contribution is 2.32. The fourth-order valence-electron chi connectivity index (χ4n) is 4.74. The lowest BCUT2D eigenvalue weighted by Crippen LogP contribution is -2.31. The molecular formula is C23H30N6O2. The van der Waals surface area contributed by atoms with E-state index in [1.807, 2.05) is 29.2 Å². The second-order valence-corrected chi connectivity index (χ2v) is 8.39. The summed E-state index contributed by atoms with van der Waals surface area (Å²) in [5, 5.41) is 13.2. The van der Waals surface area contributed by atoms with E-state index in [4.69, 9.17) is 19.7 Å². The van der Waals surface area contributed by atoms with Gasteiger partial charge in [0.25, 0.3) is 0 Å². The minimum Gasteiger partial charge on any atom is -0.481 e. The Kier molecular flexibility index (Phi) is 5.74. The van der Waals surface area contributed by atoms with E-state index in [1.54, 1.807) is 7.11 Å². The number of nitrogens with one attached hydrogen (secondary N) is 1. The van der Waals surface area contributed by atoms with Crippen LogP contribution in [0.3, 0.4) is 0 Å². The zero-order valence-corrected chi connectivity index (χ0v) is 18.3. The molecule has 1 N–H and O–H groups in total. The van der Waals surface area contributed by atoms with Crippen LogP contribution >= 0.6 is 0 Å². The minimum absolute atomic E-state index is 0.380. The molecule has 2 aliphatic rings. The van der Waals surface area contributed by atoms with E-state index in [0.717, 1.165) is 42.9 Å². The van der Waals surface area contributed by atoms with Crippen LogP contribution in [0.15, 0.2) is 30.7 Å². The molecule has 0 amide bonds. The topological polar surface area (TPSA) is 79.0 Å². The maximum Gasteiger partial charge on any atom is 0.213 e. The highest BCUT2D eigenvalue weighted by Gasteiger charge is 2.25. The van der Waals surface area contributed by atoms with Crippen LogP contribution in [-0.4, -0.2) is 58.0 Å². The summed E-state index contributed by atoms with van der Waals surface area (Å²) in [5.41, 5.74) is 5.45. The first-order valence-electron chi connectivity index (χ1n) is 11.2. The molecule has 5 rings (SSSR count). The van der Waals surface area contributed by atoms with Gasteiger partial charge >= 0.3 is 0 Å². The monoisotopic (exact) mass is 422 g/mol. The molecule has 1 atom stereocenters. The van der Waals surface area contributed by atoms with E-state index in [1.165, 1.54) is 24.1 Å². The second-order valence-electron chi connectivity index (χ2n) is 8.39. The molecule has 8 nitrogen and oxygen atoms in total. The Morgan fingerprint density at radius 3 is 2.77 bits per heavy atom. The molecule has 31 heavy (non-hydrogen) atoms. The zero-order valence-electron chi connectivity index (χ0n) is 18.3. The van der Waals surface area contributed by atoms with Crippen LogP contribution in [0.5, 0.6) is 5.88 Å². The molecule has 1 fully saturated rings. The summed E-state index contributed by atoms with van der Waals surface area (Å²) in [4.78, 5) is 4.37. The quantitative estimate of drug-likeness (QED) is 0.681. The summed E-state index contributed by atoms with van der Waals surface area (Å²) < 4.78 is 15.1. The molecule has 5 heterocycles. The van der Waals surface area contributed by atoms with Crippen molar-refractivity contribution in [1.82, 2.24) is 29.9 Å². The lowest BCUT2D eigenvalue weighted by atomic mass is 9.91. The van der Waals surface area contributed by atoms with Gasteiger partial charge in [-0.2, -0.15) is 10.2 Å². The smallest absolute Gasteiger partial charge is 0.213 e. The van der Waals surface area contributed by atoms with Crippen LogP contribution < -0.4 is 10.1 Å². The molecule has 164 valence electrons. The van der Waals surface area contributed by atoms with Crippen molar-refractivity contribution in [2.45, 2.75) is 38.6 Å². The van der Waals surface area contributed by atoms with Gasteiger partial charge < -0.3 is 14.8 Å². The van der Waals surface area contributed by atoms with E-state index in [9.17, 15) is 0 Å².